The summed E-state index contributed by atoms with van der Waals surface area (Å²) in [6, 6.07) is 7.05. The van der Waals surface area contributed by atoms with E-state index in [2.05, 4.69) is 4.98 Å². The number of ether oxygens (including phenoxy) is 2. The van der Waals surface area contributed by atoms with Crippen LogP contribution in [0.5, 0.6) is 11.6 Å². The maximum atomic E-state index is 12.3. The number of phenolic OH excluding ortho intramolecular Hbond substituents is 1. The highest BCUT2D eigenvalue weighted by Crippen LogP contribution is 2.48. The normalized spacial score (nSPS) is 26.4. The van der Waals surface area contributed by atoms with Gasteiger partial charge in [0.15, 0.2) is 0 Å². The van der Waals surface area contributed by atoms with Gasteiger partial charge < -0.3 is 14.6 Å². The molecule has 4 heterocycles. The van der Waals surface area contributed by atoms with Gasteiger partial charge in [-0.15, -0.1) is 0 Å². The third kappa shape index (κ3) is 2.06. The molecule has 1 aliphatic carbocycles. The number of fused-ring (bicyclic) bond motifs is 4. The van der Waals surface area contributed by atoms with Crippen LogP contribution in [0.1, 0.15) is 18.4 Å². The summed E-state index contributed by atoms with van der Waals surface area (Å²) in [5, 5.41) is 9.66. The number of aryl methyl sites for hydroxylation is 1. The van der Waals surface area contributed by atoms with Crippen LogP contribution in [0.15, 0.2) is 29.1 Å². The maximum Gasteiger partial charge on any atom is 0.351 e. The number of rotatable bonds is 3. The number of hydrogen-bond acceptors (Lipinski definition) is 5. The van der Waals surface area contributed by atoms with Crippen molar-refractivity contribution in [3.05, 3.63) is 40.3 Å². The Morgan fingerprint density at radius 2 is 2.25 bits per heavy atom. The van der Waals surface area contributed by atoms with Crippen LogP contribution in [-0.2, 0) is 17.7 Å². The van der Waals surface area contributed by atoms with Crippen molar-refractivity contribution < 1.29 is 14.6 Å². The first kappa shape index (κ1) is 14.0. The zero-order valence-corrected chi connectivity index (χ0v) is 13.2. The lowest BCUT2D eigenvalue weighted by Crippen LogP contribution is -2.42. The second-order valence-electron chi connectivity index (χ2n) is 7.06. The molecule has 6 heteroatoms. The Balaban J connectivity index is 1.48. The minimum atomic E-state index is -0.294. The predicted molar refractivity (Wildman–Crippen MR) is 86.2 cm³/mol. The highest BCUT2D eigenvalue weighted by atomic mass is 16.6. The first-order valence-corrected chi connectivity index (χ1v) is 8.33. The van der Waals surface area contributed by atoms with Crippen LogP contribution in [0.3, 0.4) is 0 Å². The van der Waals surface area contributed by atoms with Crippen molar-refractivity contribution >= 4 is 0 Å². The number of benzene rings is 1. The van der Waals surface area contributed by atoms with Gasteiger partial charge in [-0.1, -0.05) is 0 Å². The number of phenols is 1. The molecule has 1 aromatic carbocycles. The average molecular weight is 326 g/mol. The second-order valence-corrected chi connectivity index (χ2v) is 7.06. The summed E-state index contributed by atoms with van der Waals surface area (Å²) >= 11 is 0. The van der Waals surface area contributed by atoms with Crippen LogP contribution >= 0.6 is 0 Å². The fraction of sp³-hybridized carbons (Fsp3) is 0.444. The average Bonchev–Trinajstić information content (AvgIpc) is 3.13. The van der Waals surface area contributed by atoms with E-state index < -0.39 is 0 Å². The minimum Gasteiger partial charge on any atom is -0.508 e. The molecule has 3 fully saturated rings. The third-order valence-corrected chi connectivity index (χ3v) is 5.39. The second kappa shape index (κ2) is 4.83. The molecule has 0 amide bonds. The third-order valence-electron chi connectivity index (χ3n) is 5.39. The van der Waals surface area contributed by atoms with Crippen molar-refractivity contribution in [2.45, 2.75) is 31.4 Å². The van der Waals surface area contributed by atoms with Crippen molar-refractivity contribution in [1.82, 2.24) is 9.55 Å². The lowest BCUT2D eigenvalue weighted by molar-refractivity contribution is -0.0369. The van der Waals surface area contributed by atoms with Gasteiger partial charge in [-0.05, 0) is 48.9 Å². The molecule has 124 valence electrons. The van der Waals surface area contributed by atoms with E-state index in [1.165, 1.54) is 0 Å². The Morgan fingerprint density at radius 3 is 3.04 bits per heavy atom. The molecular weight excluding hydrogens is 308 g/mol. The first-order valence-electron chi connectivity index (χ1n) is 8.33. The van der Waals surface area contributed by atoms with E-state index in [0.29, 0.717) is 31.4 Å². The molecule has 0 spiro atoms. The van der Waals surface area contributed by atoms with E-state index in [4.69, 9.17) is 9.47 Å². The molecule has 2 saturated heterocycles. The van der Waals surface area contributed by atoms with Crippen LogP contribution in [0.2, 0.25) is 0 Å². The van der Waals surface area contributed by atoms with E-state index in [1.54, 1.807) is 16.7 Å². The van der Waals surface area contributed by atoms with Gasteiger partial charge in [0.05, 0.1) is 12.3 Å². The summed E-state index contributed by atoms with van der Waals surface area (Å²) in [6.07, 6.45) is 2.79. The molecule has 1 aromatic heterocycles. The Morgan fingerprint density at radius 1 is 1.38 bits per heavy atom. The predicted octanol–water partition coefficient (Wildman–Crippen LogP) is 1.73. The Bertz CT molecular complexity index is 878. The highest BCUT2D eigenvalue weighted by molar-refractivity contribution is 5.67. The molecule has 3 aliphatic heterocycles. The topological polar surface area (TPSA) is 73.6 Å². The van der Waals surface area contributed by atoms with E-state index >= 15 is 0 Å². The Hall–Kier alpha value is -2.34. The zero-order valence-electron chi connectivity index (χ0n) is 13.2. The van der Waals surface area contributed by atoms with Crippen LogP contribution in [0.25, 0.3) is 11.3 Å². The van der Waals surface area contributed by atoms with Crippen molar-refractivity contribution in [2.24, 2.45) is 5.92 Å². The monoisotopic (exact) mass is 326 g/mol. The van der Waals surface area contributed by atoms with Crippen molar-refractivity contribution in [3.8, 4) is 22.9 Å². The van der Waals surface area contributed by atoms with Gasteiger partial charge >= 0.3 is 5.69 Å². The summed E-state index contributed by atoms with van der Waals surface area (Å²) < 4.78 is 13.3. The van der Waals surface area contributed by atoms with Gasteiger partial charge in [0.2, 0.25) is 5.88 Å². The van der Waals surface area contributed by atoms with Gasteiger partial charge in [0.1, 0.15) is 18.0 Å². The molecule has 2 bridgehead atoms. The molecule has 0 unspecified atom stereocenters. The van der Waals surface area contributed by atoms with Crippen LogP contribution in [0.4, 0.5) is 0 Å². The summed E-state index contributed by atoms with van der Waals surface area (Å²) in [4.78, 5) is 16.4. The summed E-state index contributed by atoms with van der Waals surface area (Å²) in [5.74, 6) is 1.27. The molecular formula is C18H18N2O4. The van der Waals surface area contributed by atoms with Crippen molar-refractivity contribution in [1.29, 1.82) is 0 Å². The van der Waals surface area contributed by atoms with Gasteiger partial charge in [-0.3, -0.25) is 4.57 Å². The Kier molecular flexibility index (Phi) is 2.83. The van der Waals surface area contributed by atoms with E-state index in [1.807, 2.05) is 12.1 Å². The van der Waals surface area contributed by atoms with Crippen LogP contribution < -0.4 is 10.4 Å². The van der Waals surface area contributed by atoms with Gasteiger partial charge in [-0.2, -0.15) is 4.98 Å². The van der Waals surface area contributed by atoms with Gasteiger partial charge in [0.25, 0.3) is 0 Å². The van der Waals surface area contributed by atoms with Crippen LogP contribution in [0, 0.1) is 5.92 Å². The molecule has 1 saturated carbocycles. The lowest BCUT2D eigenvalue weighted by Gasteiger charge is -2.35. The number of aromatic nitrogens is 2. The standard InChI is InChI=1S/C18H18N2O4/c21-13-1-2-14-12(5-13)3-4-20-15(14)6-16(19-17(20)22)23-10-18-7-11(8-18)9-24-18/h1-2,5-6,11,21H,3-4,7-10H2. The number of hydrogen-bond donors (Lipinski definition) is 1. The molecule has 6 rings (SSSR count). The molecule has 2 aromatic rings. The van der Waals surface area contributed by atoms with Crippen molar-refractivity contribution in [3.63, 3.8) is 0 Å². The summed E-state index contributed by atoms with van der Waals surface area (Å²) in [6.45, 7) is 1.83. The molecule has 6 nitrogen and oxygen atoms in total. The van der Waals surface area contributed by atoms with E-state index in [0.717, 1.165) is 36.3 Å². The molecule has 4 aliphatic rings. The summed E-state index contributed by atoms with van der Waals surface area (Å²) in [5.41, 5.74) is 2.32. The molecule has 0 atom stereocenters. The summed E-state index contributed by atoms with van der Waals surface area (Å²) in [7, 11) is 0. The quantitative estimate of drug-likeness (QED) is 0.930. The van der Waals surface area contributed by atoms with Gasteiger partial charge in [0, 0.05) is 18.2 Å². The fourth-order valence-corrected chi connectivity index (χ4v) is 4.15. The Labute approximate surface area is 138 Å². The largest absolute Gasteiger partial charge is 0.508 e. The molecule has 0 radical (unpaired) electrons. The zero-order chi connectivity index (χ0) is 16.3. The highest BCUT2D eigenvalue weighted by Gasteiger charge is 2.52. The lowest BCUT2D eigenvalue weighted by atomic mass is 9.75. The SMILES string of the molecule is O=c1nc(OCC23CC(CO2)C3)cc2n1CCc1cc(O)ccc1-2. The fourth-order valence-electron chi connectivity index (χ4n) is 4.15. The first-order chi connectivity index (χ1) is 11.6. The number of nitrogens with zero attached hydrogens (tertiary/aromatic N) is 2. The van der Waals surface area contributed by atoms with Gasteiger partial charge in [-0.25, -0.2) is 4.79 Å². The van der Waals surface area contributed by atoms with E-state index in [9.17, 15) is 9.90 Å². The van der Waals surface area contributed by atoms with Crippen LogP contribution in [-0.4, -0.2) is 33.5 Å². The minimum absolute atomic E-state index is 0.165. The van der Waals surface area contributed by atoms with Crippen molar-refractivity contribution in [2.75, 3.05) is 13.2 Å². The maximum absolute atomic E-state index is 12.3. The molecule has 1 N–H and O–H groups in total. The molecule has 24 heavy (non-hydrogen) atoms. The smallest absolute Gasteiger partial charge is 0.351 e. The van der Waals surface area contributed by atoms with E-state index in [-0.39, 0.29) is 17.0 Å². The number of aromatic hydroxyl groups is 1.